The molecule has 1 fully saturated rings. The number of nitrogens with two attached hydrogens (primary N) is 1. The van der Waals surface area contributed by atoms with E-state index in [0.717, 1.165) is 64.6 Å². The fourth-order valence-electron chi connectivity index (χ4n) is 6.26. The monoisotopic (exact) mass is 684 g/mol. The van der Waals surface area contributed by atoms with Crippen LogP contribution >= 0.6 is 22.9 Å². The molecule has 2 aromatic heterocycles. The lowest BCUT2D eigenvalue weighted by Gasteiger charge is -2.30. The molecule has 1 aliphatic heterocycles. The molecule has 3 heterocycles. The average Bonchev–Trinajstić information content (AvgIpc) is 3.56. The van der Waals surface area contributed by atoms with Crippen molar-refractivity contribution in [2.75, 3.05) is 19.0 Å². The van der Waals surface area contributed by atoms with E-state index < -0.39 is 12.0 Å². The minimum absolute atomic E-state index is 0.0412. The van der Waals surface area contributed by atoms with Gasteiger partial charge < -0.3 is 20.5 Å². The summed E-state index contributed by atoms with van der Waals surface area (Å²) in [5.41, 5.74) is 11.2. The molecular formula is C36H37ClN6O4S. The number of benzene rings is 2. The Morgan fingerprint density at radius 3 is 2.54 bits per heavy atom. The number of aromatic nitrogens is 3. The number of carbonyl (C=O) groups excluding carboxylic acids is 2. The predicted molar refractivity (Wildman–Crippen MR) is 187 cm³/mol. The van der Waals surface area contributed by atoms with Gasteiger partial charge in [-0.1, -0.05) is 35.6 Å². The topological polar surface area (TPSA) is 134 Å². The Morgan fingerprint density at radius 2 is 1.83 bits per heavy atom. The number of ether oxygens (including phenoxy) is 2. The Balaban J connectivity index is 1.15. The lowest BCUT2D eigenvalue weighted by atomic mass is 9.92. The maximum Gasteiger partial charge on any atom is 0.339 e. The van der Waals surface area contributed by atoms with Crippen molar-refractivity contribution in [1.29, 1.82) is 0 Å². The third-order valence-electron chi connectivity index (χ3n) is 8.81. The number of fused-ring (bicyclic) bond motifs is 3. The van der Waals surface area contributed by atoms with Crippen LogP contribution in [0, 0.1) is 32.6 Å². The van der Waals surface area contributed by atoms with Crippen molar-refractivity contribution in [3.8, 4) is 16.8 Å². The molecule has 12 heteroatoms. The predicted octanol–water partition coefficient (Wildman–Crippen LogP) is 6.25. The molecule has 48 heavy (non-hydrogen) atoms. The summed E-state index contributed by atoms with van der Waals surface area (Å²) in [5, 5.41) is 14.1. The molecule has 3 N–H and O–H groups in total. The zero-order valence-electron chi connectivity index (χ0n) is 27.3. The standard InChI is InChI=1S/C36H37ClN6O4S/c1-20-21(2)48-35-32(20)33(23-7-9-25(37)10-8-23)40-30(34-42-41-22(3)43(34)35)19-31(44)47-28-14-11-26(12-15-28)39-27-13-16-29(36(45)46-4)24(18-27)6-5-17-38/h7-10,13,16,18,26,28,30,39H,11-12,14-15,17,19,38H2,1-4H3/t26?,28?,30-/m0/s1. The number of esters is 2. The number of nitrogens with one attached hydrogen (secondary N) is 1. The van der Waals surface area contributed by atoms with Gasteiger partial charge in [-0.15, -0.1) is 21.5 Å². The lowest BCUT2D eigenvalue weighted by molar-refractivity contribution is -0.151. The van der Waals surface area contributed by atoms with Gasteiger partial charge in [0.05, 0.1) is 31.4 Å². The number of nitrogens with zero attached hydrogens (tertiary/aromatic N) is 4. The highest BCUT2D eigenvalue weighted by Gasteiger charge is 2.33. The smallest absolute Gasteiger partial charge is 0.339 e. The highest BCUT2D eigenvalue weighted by molar-refractivity contribution is 7.15. The molecule has 0 amide bonds. The molecule has 0 unspecified atom stereocenters. The molecule has 6 rings (SSSR count). The van der Waals surface area contributed by atoms with E-state index >= 15 is 0 Å². The van der Waals surface area contributed by atoms with Crippen LogP contribution in [0.4, 0.5) is 5.69 Å². The Kier molecular flexibility index (Phi) is 9.96. The first-order chi connectivity index (χ1) is 23.2. The molecule has 1 aliphatic carbocycles. The van der Waals surface area contributed by atoms with Crippen LogP contribution in [0.2, 0.25) is 5.02 Å². The highest BCUT2D eigenvalue weighted by Crippen LogP contribution is 2.40. The van der Waals surface area contributed by atoms with Gasteiger partial charge in [-0.3, -0.25) is 14.4 Å². The van der Waals surface area contributed by atoms with Gasteiger partial charge in [-0.25, -0.2) is 4.79 Å². The van der Waals surface area contributed by atoms with Gasteiger partial charge in [0, 0.05) is 38.3 Å². The van der Waals surface area contributed by atoms with Crippen LogP contribution in [0.5, 0.6) is 0 Å². The summed E-state index contributed by atoms with van der Waals surface area (Å²) in [6.45, 7) is 6.30. The van der Waals surface area contributed by atoms with Crippen LogP contribution in [0.15, 0.2) is 47.5 Å². The van der Waals surface area contributed by atoms with E-state index in [2.05, 4.69) is 41.2 Å². The summed E-state index contributed by atoms with van der Waals surface area (Å²) in [5.74, 6) is 6.37. The van der Waals surface area contributed by atoms with Crippen molar-refractivity contribution in [2.45, 2.75) is 71.1 Å². The molecule has 4 aromatic rings. The second-order valence-electron chi connectivity index (χ2n) is 12.0. The number of methoxy groups -OCH3 is 1. The van der Waals surface area contributed by atoms with Crippen molar-refractivity contribution in [2.24, 2.45) is 10.7 Å². The lowest BCUT2D eigenvalue weighted by Crippen LogP contribution is -2.31. The largest absolute Gasteiger partial charge is 0.465 e. The van der Waals surface area contributed by atoms with Gasteiger partial charge in [0.2, 0.25) is 0 Å². The van der Waals surface area contributed by atoms with Gasteiger partial charge in [0.15, 0.2) is 5.82 Å². The number of halogens is 1. The van der Waals surface area contributed by atoms with Crippen molar-refractivity contribution in [3.05, 3.63) is 91.8 Å². The van der Waals surface area contributed by atoms with Crippen LogP contribution in [0.1, 0.15) is 87.3 Å². The molecule has 0 saturated heterocycles. The van der Waals surface area contributed by atoms with Crippen LogP contribution in [-0.4, -0.2) is 58.2 Å². The number of hydrogen-bond donors (Lipinski definition) is 2. The average molecular weight is 685 g/mol. The van der Waals surface area contributed by atoms with Crippen LogP contribution in [-0.2, 0) is 14.3 Å². The SMILES string of the molecule is COC(=O)c1ccc(NC2CCC(OC(=O)C[C@@H]3N=C(c4ccc(Cl)cc4)c4c(sc(C)c4C)-n4c(C)nnc43)CC2)cc1C#CCN. The van der Waals surface area contributed by atoms with Crippen molar-refractivity contribution in [3.63, 3.8) is 0 Å². The number of thiophene rings is 1. The fraction of sp³-hybridized carbons (Fsp3) is 0.361. The summed E-state index contributed by atoms with van der Waals surface area (Å²) in [7, 11) is 1.34. The molecule has 2 aliphatic rings. The molecule has 0 bridgehead atoms. The fourth-order valence-corrected chi connectivity index (χ4v) is 7.60. The van der Waals surface area contributed by atoms with E-state index in [9.17, 15) is 9.59 Å². The van der Waals surface area contributed by atoms with Gasteiger partial charge >= 0.3 is 11.9 Å². The third-order valence-corrected chi connectivity index (χ3v) is 10.3. The van der Waals surface area contributed by atoms with Gasteiger partial charge in [0.25, 0.3) is 0 Å². The molecule has 0 radical (unpaired) electrons. The summed E-state index contributed by atoms with van der Waals surface area (Å²) in [6.07, 6.45) is 2.92. The first-order valence-electron chi connectivity index (χ1n) is 15.9. The van der Waals surface area contributed by atoms with Crippen LogP contribution < -0.4 is 11.1 Å². The van der Waals surface area contributed by atoms with E-state index in [1.165, 1.54) is 12.0 Å². The number of carbonyl (C=O) groups is 2. The second kappa shape index (κ2) is 14.3. The molecule has 0 spiro atoms. The Bertz CT molecular complexity index is 1950. The van der Waals surface area contributed by atoms with E-state index in [0.29, 0.717) is 22.0 Å². The van der Waals surface area contributed by atoms with Crippen LogP contribution in [0.25, 0.3) is 5.00 Å². The molecule has 2 aromatic carbocycles. The number of hydrogen-bond acceptors (Lipinski definition) is 10. The summed E-state index contributed by atoms with van der Waals surface area (Å²) < 4.78 is 13.0. The van der Waals surface area contributed by atoms with Crippen molar-refractivity contribution in [1.82, 2.24) is 14.8 Å². The van der Waals surface area contributed by atoms with Gasteiger partial charge in [-0.2, -0.15) is 0 Å². The van der Waals surface area contributed by atoms with E-state index in [4.69, 9.17) is 31.8 Å². The number of rotatable bonds is 7. The maximum atomic E-state index is 13.5. The third kappa shape index (κ3) is 6.88. The molecule has 248 valence electrons. The number of aryl methyl sites for hydroxylation is 2. The highest BCUT2D eigenvalue weighted by atomic mass is 35.5. The van der Waals surface area contributed by atoms with E-state index in [-0.39, 0.29) is 31.1 Å². The Hall–Kier alpha value is -4.50. The molecule has 10 nitrogen and oxygen atoms in total. The van der Waals surface area contributed by atoms with Crippen molar-refractivity contribution >= 4 is 46.3 Å². The first-order valence-corrected chi connectivity index (χ1v) is 17.1. The maximum absolute atomic E-state index is 13.5. The summed E-state index contributed by atoms with van der Waals surface area (Å²) >= 11 is 7.90. The minimum Gasteiger partial charge on any atom is -0.465 e. The normalized spacial score (nSPS) is 18.4. The molecule has 1 saturated carbocycles. The number of anilines is 1. The zero-order chi connectivity index (χ0) is 33.9. The van der Waals surface area contributed by atoms with Gasteiger partial charge in [0.1, 0.15) is 23.0 Å². The summed E-state index contributed by atoms with van der Waals surface area (Å²) in [4.78, 5) is 32.0. The van der Waals surface area contributed by atoms with Crippen LogP contribution in [0.3, 0.4) is 0 Å². The van der Waals surface area contributed by atoms with Gasteiger partial charge in [-0.05, 0) is 82.3 Å². The summed E-state index contributed by atoms with van der Waals surface area (Å²) in [6, 6.07) is 12.6. The first kappa shape index (κ1) is 33.4. The zero-order valence-corrected chi connectivity index (χ0v) is 28.9. The molecule has 1 atom stereocenters. The quantitative estimate of drug-likeness (QED) is 0.172. The van der Waals surface area contributed by atoms with E-state index in [1.807, 2.05) is 47.9 Å². The molecular weight excluding hydrogens is 648 g/mol. The van der Waals surface area contributed by atoms with Crippen molar-refractivity contribution < 1.29 is 19.1 Å². The minimum atomic E-state index is -0.578. The Morgan fingerprint density at radius 1 is 1.08 bits per heavy atom. The second-order valence-corrected chi connectivity index (χ2v) is 13.6. The number of aliphatic imine (C=N–C) groups is 1. The Labute approximate surface area is 288 Å². The van der Waals surface area contributed by atoms with E-state index in [1.54, 1.807) is 17.4 Å².